The van der Waals surface area contributed by atoms with Crippen molar-refractivity contribution < 1.29 is 17.6 Å². The zero-order chi connectivity index (χ0) is 15.7. The van der Waals surface area contributed by atoms with Crippen LogP contribution >= 0.6 is 11.8 Å². The molecule has 1 aromatic rings. The molecule has 1 N–H and O–H groups in total. The Kier molecular flexibility index (Phi) is 4.42. The molecule has 0 bridgehead atoms. The van der Waals surface area contributed by atoms with Gasteiger partial charge in [0.25, 0.3) is 5.91 Å². The molecule has 1 fully saturated rings. The maximum Gasteiger partial charge on any atom is 0.251 e. The third-order valence-corrected chi connectivity index (χ3v) is 6.76. The first-order valence-electron chi connectivity index (χ1n) is 7.10. The first kappa shape index (κ1) is 15.8. The van der Waals surface area contributed by atoms with E-state index in [9.17, 15) is 17.6 Å². The van der Waals surface area contributed by atoms with Gasteiger partial charge in [-0.05, 0) is 24.1 Å². The molecule has 0 spiro atoms. The lowest BCUT2D eigenvalue weighted by Gasteiger charge is -2.27. The number of thioether (sulfide) groups is 1. The van der Waals surface area contributed by atoms with Gasteiger partial charge in [-0.15, -0.1) is 0 Å². The van der Waals surface area contributed by atoms with Crippen molar-refractivity contribution in [1.29, 1.82) is 0 Å². The van der Waals surface area contributed by atoms with E-state index < -0.39 is 28.6 Å². The lowest BCUT2D eigenvalue weighted by molar-refractivity contribution is 0.0917. The van der Waals surface area contributed by atoms with Gasteiger partial charge in [-0.2, -0.15) is 16.1 Å². The van der Waals surface area contributed by atoms with Crippen LogP contribution < -0.4 is 5.32 Å². The minimum absolute atomic E-state index is 0.131. The minimum Gasteiger partial charge on any atom is -0.346 e. The molecule has 1 saturated heterocycles. The molecule has 2 aliphatic rings. The summed E-state index contributed by atoms with van der Waals surface area (Å²) in [5.41, 5.74) is 1.02. The predicted molar refractivity (Wildman–Crippen MR) is 83.5 cm³/mol. The number of halogens is 1. The van der Waals surface area contributed by atoms with Crippen molar-refractivity contribution in [3.63, 3.8) is 0 Å². The van der Waals surface area contributed by atoms with Crippen LogP contribution in [-0.4, -0.2) is 55.9 Å². The fourth-order valence-electron chi connectivity index (χ4n) is 2.71. The fourth-order valence-corrected chi connectivity index (χ4v) is 5.32. The third kappa shape index (κ3) is 2.87. The molecule has 120 valence electrons. The second-order valence-corrected chi connectivity index (χ2v) is 8.53. The van der Waals surface area contributed by atoms with Crippen LogP contribution in [0.15, 0.2) is 23.1 Å². The highest BCUT2D eigenvalue weighted by Crippen LogP contribution is 2.25. The van der Waals surface area contributed by atoms with Gasteiger partial charge in [0.1, 0.15) is 6.67 Å². The predicted octanol–water partition coefficient (Wildman–Crippen LogP) is 1.05. The number of carbonyl (C=O) groups excluding carboxylic acids is 1. The Balaban J connectivity index is 1.93. The molecule has 2 heterocycles. The topological polar surface area (TPSA) is 66.5 Å². The van der Waals surface area contributed by atoms with Gasteiger partial charge in [-0.3, -0.25) is 4.79 Å². The van der Waals surface area contributed by atoms with Crippen LogP contribution in [0.4, 0.5) is 4.39 Å². The number of carbonyl (C=O) groups is 1. The first-order chi connectivity index (χ1) is 10.5. The van der Waals surface area contributed by atoms with Crippen molar-refractivity contribution in [2.75, 3.05) is 31.3 Å². The standard InChI is InChI=1S/C14H17FN2O3S2/c15-9-11-7-10-1-2-12(8-13(10)14(18)16-11)22(19,20)17-3-5-21-6-4-17/h1-2,8,11H,3-7,9H2,(H,16,18)/t11-/m1/s1. The number of alkyl halides is 1. The van der Waals surface area contributed by atoms with Crippen molar-refractivity contribution in [3.8, 4) is 0 Å². The molecule has 0 unspecified atom stereocenters. The van der Waals surface area contributed by atoms with Gasteiger partial charge in [0.05, 0.1) is 10.9 Å². The highest BCUT2D eigenvalue weighted by molar-refractivity contribution is 7.99. The molecule has 2 aliphatic heterocycles. The summed E-state index contributed by atoms with van der Waals surface area (Å²) in [4.78, 5) is 12.2. The molecular formula is C14H17FN2O3S2. The summed E-state index contributed by atoms with van der Waals surface area (Å²) >= 11 is 1.73. The normalized spacial score (nSPS) is 23.0. The Morgan fingerprint density at radius 1 is 1.32 bits per heavy atom. The number of nitrogens with zero attached hydrogens (tertiary/aromatic N) is 1. The Labute approximate surface area is 133 Å². The lowest BCUT2D eigenvalue weighted by atomic mass is 9.96. The van der Waals surface area contributed by atoms with Crippen LogP contribution in [0.2, 0.25) is 0 Å². The maximum absolute atomic E-state index is 12.7. The Morgan fingerprint density at radius 3 is 2.73 bits per heavy atom. The molecule has 3 rings (SSSR count). The van der Waals surface area contributed by atoms with Crippen molar-refractivity contribution in [2.45, 2.75) is 17.4 Å². The number of benzene rings is 1. The molecule has 1 atom stereocenters. The highest BCUT2D eigenvalue weighted by Gasteiger charge is 2.30. The van der Waals surface area contributed by atoms with E-state index in [2.05, 4.69) is 5.32 Å². The van der Waals surface area contributed by atoms with E-state index in [4.69, 9.17) is 0 Å². The monoisotopic (exact) mass is 344 g/mol. The van der Waals surface area contributed by atoms with Gasteiger partial charge >= 0.3 is 0 Å². The van der Waals surface area contributed by atoms with E-state index in [-0.39, 0.29) is 4.90 Å². The van der Waals surface area contributed by atoms with Gasteiger partial charge in [0, 0.05) is 30.2 Å². The van der Waals surface area contributed by atoms with E-state index >= 15 is 0 Å². The van der Waals surface area contributed by atoms with Crippen LogP contribution in [0.5, 0.6) is 0 Å². The fraction of sp³-hybridized carbons (Fsp3) is 0.500. The van der Waals surface area contributed by atoms with Gasteiger partial charge in [-0.1, -0.05) is 6.07 Å². The second kappa shape index (κ2) is 6.17. The van der Waals surface area contributed by atoms with Gasteiger partial charge < -0.3 is 5.32 Å². The number of hydrogen-bond acceptors (Lipinski definition) is 4. The summed E-state index contributed by atoms with van der Waals surface area (Å²) in [5.74, 6) is 1.15. The number of rotatable bonds is 3. The summed E-state index contributed by atoms with van der Waals surface area (Å²) in [7, 11) is -3.57. The number of hydrogen-bond donors (Lipinski definition) is 1. The van der Waals surface area contributed by atoms with E-state index in [1.54, 1.807) is 17.8 Å². The molecule has 22 heavy (non-hydrogen) atoms. The van der Waals surface area contributed by atoms with Crippen molar-refractivity contribution in [1.82, 2.24) is 9.62 Å². The van der Waals surface area contributed by atoms with E-state index in [1.165, 1.54) is 16.4 Å². The van der Waals surface area contributed by atoms with E-state index in [1.807, 2.05) is 0 Å². The molecule has 8 heteroatoms. The molecule has 1 aromatic carbocycles. The average molecular weight is 344 g/mol. The summed E-state index contributed by atoms with van der Waals surface area (Å²) in [6.45, 7) is 0.344. The van der Waals surface area contributed by atoms with Crippen molar-refractivity contribution in [3.05, 3.63) is 29.3 Å². The van der Waals surface area contributed by atoms with Crippen molar-refractivity contribution >= 4 is 27.7 Å². The van der Waals surface area contributed by atoms with Crippen LogP contribution in [0, 0.1) is 0 Å². The second-order valence-electron chi connectivity index (χ2n) is 5.36. The zero-order valence-corrected chi connectivity index (χ0v) is 13.6. The number of amides is 1. The Hall–Kier alpha value is -1.12. The average Bonchev–Trinajstić information content (AvgIpc) is 2.55. The number of fused-ring (bicyclic) bond motifs is 1. The largest absolute Gasteiger partial charge is 0.346 e. The molecule has 0 saturated carbocycles. The van der Waals surface area contributed by atoms with Gasteiger partial charge in [0.15, 0.2) is 0 Å². The smallest absolute Gasteiger partial charge is 0.251 e. The maximum atomic E-state index is 12.7. The van der Waals surface area contributed by atoms with Crippen LogP contribution in [0.1, 0.15) is 15.9 Å². The van der Waals surface area contributed by atoms with Crippen LogP contribution in [0.3, 0.4) is 0 Å². The van der Waals surface area contributed by atoms with E-state index in [0.29, 0.717) is 30.6 Å². The molecule has 5 nitrogen and oxygen atoms in total. The minimum atomic E-state index is -3.57. The van der Waals surface area contributed by atoms with Gasteiger partial charge in [-0.25, -0.2) is 12.8 Å². The molecule has 1 amide bonds. The van der Waals surface area contributed by atoms with Crippen LogP contribution in [0.25, 0.3) is 0 Å². The number of sulfonamides is 1. The zero-order valence-electron chi connectivity index (χ0n) is 11.9. The molecule has 0 radical (unpaired) electrons. The van der Waals surface area contributed by atoms with Crippen LogP contribution in [-0.2, 0) is 16.4 Å². The van der Waals surface area contributed by atoms with E-state index in [0.717, 1.165) is 11.5 Å². The molecular weight excluding hydrogens is 327 g/mol. The third-order valence-electron chi connectivity index (χ3n) is 3.92. The summed E-state index contributed by atoms with van der Waals surface area (Å²) in [6.07, 6.45) is 0.387. The Bertz CT molecular complexity index is 687. The summed E-state index contributed by atoms with van der Waals surface area (Å²) < 4.78 is 39.4. The lowest BCUT2D eigenvalue weighted by Crippen LogP contribution is -2.43. The summed E-state index contributed by atoms with van der Waals surface area (Å²) in [5, 5.41) is 2.55. The quantitative estimate of drug-likeness (QED) is 0.890. The SMILES string of the molecule is O=C1N[C@@H](CF)Cc2ccc(S(=O)(=O)N3CCSCC3)cc21. The Morgan fingerprint density at radius 2 is 2.05 bits per heavy atom. The highest BCUT2D eigenvalue weighted by atomic mass is 32.2. The molecule has 0 aliphatic carbocycles. The first-order valence-corrected chi connectivity index (χ1v) is 9.69. The summed E-state index contributed by atoms with van der Waals surface area (Å²) in [6, 6.07) is 4.03. The van der Waals surface area contributed by atoms with Crippen molar-refractivity contribution in [2.24, 2.45) is 0 Å². The molecule has 0 aromatic heterocycles. The number of nitrogens with one attached hydrogen (secondary N) is 1. The van der Waals surface area contributed by atoms with Gasteiger partial charge in [0.2, 0.25) is 10.0 Å².